The molecule has 0 heterocycles. The molecule has 2 rings (SSSR count). The van der Waals surface area contributed by atoms with Crippen LogP contribution in [0.4, 0.5) is 5.69 Å². The molecule has 1 aromatic carbocycles. The predicted octanol–water partition coefficient (Wildman–Crippen LogP) is 3.02. The zero-order valence-electron chi connectivity index (χ0n) is 12.3. The van der Waals surface area contributed by atoms with Crippen molar-refractivity contribution in [3.05, 3.63) is 18.2 Å². The summed E-state index contributed by atoms with van der Waals surface area (Å²) in [7, 11) is -3.32. The van der Waals surface area contributed by atoms with Crippen molar-refractivity contribution in [2.75, 3.05) is 12.0 Å². The van der Waals surface area contributed by atoms with E-state index in [9.17, 15) is 8.42 Å². The highest BCUT2D eigenvalue weighted by atomic mass is 32.2. The topological polar surface area (TPSA) is 69.4 Å². The Bertz CT molecular complexity index is 583. The molecule has 0 atom stereocenters. The third-order valence-corrected chi connectivity index (χ3v) is 5.16. The molecule has 1 saturated carbocycles. The number of hydrogen-bond donors (Lipinski definition) is 1. The first-order valence-corrected chi connectivity index (χ1v) is 8.83. The standard InChI is InChI=1S/C15H23NO3S/c1-15(2)9-7-11(8-10-15)19-12-5-4-6-13(14(12)16)20(3,17)18/h4-6,11H,7-10,16H2,1-3H3. The molecule has 0 saturated heterocycles. The number of nitrogen functional groups attached to an aromatic ring is 1. The van der Waals surface area contributed by atoms with Gasteiger partial charge in [-0.2, -0.15) is 0 Å². The number of nitrogens with two attached hydrogens (primary N) is 1. The van der Waals surface area contributed by atoms with Gasteiger partial charge in [-0.1, -0.05) is 19.9 Å². The summed E-state index contributed by atoms with van der Waals surface area (Å²) in [5.74, 6) is 0.484. The van der Waals surface area contributed by atoms with Gasteiger partial charge in [0, 0.05) is 6.26 Å². The fourth-order valence-electron chi connectivity index (χ4n) is 2.62. The second-order valence-electron chi connectivity index (χ2n) is 6.42. The first-order valence-electron chi connectivity index (χ1n) is 6.94. The monoisotopic (exact) mass is 297 g/mol. The molecule has 0 amide bonds. The smallest absolute Gasteiger partial charge is 0.177 e. The highest BCUT2D eigenvalue weighted by Gasteiger charge is 2.28. The summed E-state index contributed by atoms with van der Waals surface area (Å²) >= 11 is 0. The molecular formula is C15H23NO3S. The van der Waals surface area contributed by atoms with E-state index >= 15 is 0 Å². The highest BCUT2D eigenvalue weighted by Crippen LogP contribution is 2.38. The highest BCUT2D eigenvalue weighted by molar-refractivity contribution is 7.90. The Labute approximate surface area is 121 Å². The number of ether oxygens (including phenoxy) is 1. The fraction of sp³-hybridized carbons (Fsp3) is 0.600. The van der Waals surface area contributed by atoms with Gasteiger partial charge >= 0.3 is 0 Å². The summed E-state index contributed by atoms with van der Waals surface area (Å²) in [6, 6.07) is 4.93. The SMILES string of the molecule is CC1(C)CCC(Oc2cccc(S(C)(=O)=O)c2N)CC1. The van der Waals surface area contributed by atoms with E-state index in [-0.39, 0.29) is 16.7 Å². The average molecular weight is 297 g/mol. The van der Waals surface area contributed by atoms with E-state index < -0.39 is 9.84 Å². The number of para-hydroxylation sites is 1. The summed E-state index contributed by atoms with van der Waals surface area (Å²) < 4.78 is 29.2. The van der Waals surface area contributed by atoms with Crippen LogP contribution in [-0.4, -0.2) is 20.8 Å². The minimum absolute atomic E-state index is 0.125. The summed E-state index contributed by atoms with van der Waals surface area (Å²) in [5.41, 5.74) is 6.53. The van der Waals surface area contributed by atoms with Crippen molar-refractivity contribution in [2.45, 2.75) is 50.5 Å². The Kier molecular flexibility index (Phi) is 4.00. The molecule has 1 aromatic rings. The summed E-state index contributed by atoms with van der Waals surface area (Å²) in [4.78, 5) is 0.145. The van der Waals surface area contributed by atoms with Gasteiger partial charge in [-0.15, -0.1) is 0 Å². The van der Waals surface area contributed by atoms with Crippen molar-refractivity contribution in [1.82, 2.24) is 0 Å². The average Bonchev–Trinajstić information content (AvgIpc) is 2.33. The van der Waals surface area contributed by atoms with Gasteiger partial charge in [0.05, 0.1) is 16.7 Å². The van der Waals surface area contributed by atoms with Gasteiger partial charge in [0.2, 0.25) is 0 Å². The Morgan fingerprint density at radius 2 is 1.85 bits per heavy atom. The van der Waals surface area contributed by atoms with Gasteiger partial charge in [0.1, 0.15) is 5.75 Å². The molecule has 20 heavy (non-hydrogen) atoms. The summed E-state index contributed by atoms with van der Waals surface area (Å²) in [6.07, 6.45) is 5.48. The lowest BCUT2D eigenvalue weighted by Gasteiger charge is -2.34. The Balaban J connectivity index is 2.15. The van der Waals surface area contributed by atoms with Crippen LogP contribution in [0.25, 0.3) is 0 Å². The molecule has 0 bridgehead atoms. The number of anilines is 1. The van der Waals surface area contributed by atoms with Gasteiger partial charge in [-0.3, -0.25) is 0 Å². The van der Waals surface area contributed by atoms with Crippen molar-refractivity contribution in [2.24, 2.45) is 5.41 Å². The van der Waals surface area contributed by atoms with Crippen LogP contribution in [0.15, 0.2) is 23.1 Å². The maximum atomic E-state index is 11.6. The molecular weight excluding hydrogens is 274 g/mol. The molecule has 1 aliphatic carbocycles. The van der Waals surface area contributed by atoms with Crippen LogP contribution in [0.3, 0.4) is 0 Å². The van der Waals surface area contributed by atoms with E-state index in [4.69, 9.17) is 10.5 Å². The molecule has 0 aliphatic heterocycles. The van der Waals surface area contributed by atoms with Gasteiger partial charge < -0.3 is 10.5 Å². The van der Waals surface area contributed by atoms with Gasteiger partial charge in [0.15, 0.2) is 9.84 Å². The largest absolute Gasteiger partial charge is 0.488 e. The van der Waals surface area contributed by atoms with Crippen LogP contribution in [0.2, 0.25) is 0 Å². The fourth-order valence-corrected chi connectivity index (χ4v) is 3.45. The van der Waals surface area contributed by atoms with Crippen molar-refractivity contribution >= 4 is 15.5 Å². The molecule has 112 valence electrons. The van der Waals surface area contributed by atoms with Crippen LogP contribution in [0.1, 0.15) is 39.5 Å². The summed E-state index contributed by atoms with van der Waals surface area (Å²) in [6.45, 7) is 4.53. The third-order valence-electron chi connectivity index (χ3n) is 4.01. The molecule has 0 spiro atoms. The van der Waals surface area contributed by atoms with E-state index in [1.165, 1.54) is 6.07 Å². The molecule has 1 fully saturated rings. The lowest BCUT2D eigenvalue weighted by molar-refractivity contribution is 0.0992. The lowest BCUT2D eigenvalue weighted by atomic mass is 9.76. The predicted molar refractivity (Wildman–Crippen MR) is 80.6 cm³/mol. The van der Waals surface area contributed by atoms with E-state index in [1.807, 2.05) is 0 Å². The van der Waals surface area contributed by atoms with Crippen molar-refractivity contribution in [1.29, 1.82) is 0 Å². The quantitative estimate of drug-likeness (QED) is 0.871. The molecule has 5 heteroatoms. The maximum absolute atomic E-state index is 11.6. The lowest BCUT2D eigenvalue weighted by Crippen LogP contribution is -2.28. The number of rotatable bonds is 3. The molecule has 0 unspecified atom stereocenters. The zero-order chi connectivity index (χ0) is 15.0. The maximum Gasteiger partial charge on any atom is 0.177 e. The van der Waals surface area contributed by atoms with Crippen LogP contribution >= 0.6 is 0 Å². The van der Waals surface area contributed by atoms with Gasteiger partial charge in [-0.25, -0.2) is 8.42 Å². The number of sulfone groups is 1. The number of benzene rings is 1. The van der Waals surface area contributed by atoms with Crippen LogP contribution in [0.5, 0.6) is 5.75 Å². The van der Waals surface area contributed by atoms with Gasteiger partial charge in [0.25, 0.3) is 0 Å². The molecule has 1 aliphatic rings. The Morgan fingerprint density at radius 3 is 2.40 bits per heavy atom. The zero-order valence-corrected chi connectivity index (χ0v) is 13.2. The Hall–Kier alpha value is -1.23. The van der Waals surface area contributed by atoms with Crippen molar-refractivity contribution < 1.29 is 13.2 Å². The third kappa shape index (κ3) is 3.45. The second kappa shape index (κ2) is 5.28. The molecule has 0 aromatic heterocycles. The number of hydrogen-bond acceptors (Lipinski definition) is 4. The van der Waals surface area contributed by atoms with Crippen LogP contribution in [-0.2, 0) is 9.84 Å². The molecule has 2 N–H and O–H groups in total. The van der Waals surface area contributed by atoms with E-state index in [1.54, 1.807) is 12.1 Å². The van der Waals surface area contributed by atoms with Crippen LogP contribution < -0.4 is 10.5 Å². The minimum Gasteiger partial charge on any atom is -0.488 e. The molecule has 0 radical (unpaired) electrons. The first-order chi connectivity index (χ1) is 9.19. The molecule has 4 nitrogen and oxygen atoms in total. The Morgan fingerprint density at radius 1 is 1.25 bits per heavy atom. The van der Waals surface area contributed by atoms with E-state index in [2.05, 4.69) is 13.8 Å². The van der Waals surface area contributed by atoms with E-state index in [0.717, 1.165) is 31.9 Å². The van der Waals surface area contributed by atoms with Gasteiger partial charge in [-0.05, 0) is 43.2 Å². The minimum atomic E-state index is -3.32. The second-order valence-corrected chi connectivity index (χ2v) is 8.41. The first kappa shape index (κ1) is 15.2. The normalized spacial score (nSPS) is 19.8. The van der Waals surface area contributed by atoms with Crippen molar-refractivity contribution in [3.8, 4) is 5.75 Å². The van der Waals surface area contributed by atoms with Crippen molar-refractivity contribution in [3.63, 3.8) is 0 Å². The van der Waals surface area contributed by atoms with Crippen LogP contribution in [0, 0.1) is 5.41 Å². The van der Waals surface area contributed by atoms with E-state index in [0.29, 0.717) is 11.2 Å². The summed E-state index contributed by atoms with van der Waals surface area (Å²) in [5, 5.41) is 0.